The number of aromatic nitrogens is 1. The molecule has 0 aliphatic rings. The van der Waals surface area contributed by atoms with E-state index in [1.165, 1.54) is 0 Å². The van der Waals surface area contributed by atoms with Gasteiger partial charge >= 0.3 is 0 Å². The van der Waals surface area contributed by atoms with E-state index in [0.717, 1.165) is 17.1 Å². The molecule has 0 bridgehead atoms. The molecule has 0 saturated heterocycles. The summed E-state index contributed by atoms with van der Waals surface area (Å²) in [5.74, 6) is 0.422. The van der Waals surface area contributed by atoms with Gasteiger partial charge in [0.25, 0.3) is 5.91 Å². The van der Waals surface area contributed by atoms with E-state index >= 15 is 0 Å². The van der Waals surface area contributed by atoms with Crippen molar-refractivity contribution in [2.24, 2.45) is 0 Å². The zero-order chi connectivity index (χ0) is 14.5. The molecule has 2 rings (SSSR count). The van der Waals surface area contributed by atoms with Crippen LogP contribution in [0.1, 0.15) is 40.9 Å². The van der Waals surface area contributed by atoms with Crippen LogP contribution in [0.5, 0.6) is 5.75 Å². The summed E-state index contributed by atoms with van der Waals surface area (Å²) in [6.45, 7) is 4.00. The van der Waals surface area contributed by atoms with Gasteiger partial charge in [-0.2, -0.15) is 0 Å². The molecule has 4 nitrogen and oxygen atoms in total. The van der Waals surface area contributed by atoms with Gasteiger partial charge in [-0.1, -0.05) is 19.1 Å². The Morgan fingerprint density at radius 2 is 2.20 bits per heavy atom. The number of aryl methyl sites for hydroxylation is 1. The average molecular weight is 290 g/mol. The second-order valence-corrected chi connectivity index (χ2v) is 5.36. The minimum absolute atomic E-state index is 0.121. The molecule has 20 heavy (non-hydrogen) atoms. The highest BCUT2D eigenvalue weighted by atomic mass is 32.1. The summed E-state index contributed by atoms with van der Waals surface area (Å²) >= 11 is 1.62. The summed E-state index contributed by atoms with van der Waals surface area (Å²) < 4.78 is 5.20. The van der Waals surface area contributed by atoms with E-state index in [1.54, 1.807) is 30.6 Å². The zero-order valence-corrected chi connectivity index (χ0v) is 12.7. The van der Waals surface area contributed by atoms with E-state index in [4.69, 9.17) is 4.74 Å². The molecule has 0 aliphatic heterocycles. The molecule has 0 spiro atoms. The first kappa shape index (κ1) is 14.5. The topological polar surface area (TPSA) is 51.2 Å². The summed E-state index contributed by atoms with van der Waals surface area (Å²) in [5, 5.41) is 6.02. The second-order valence-electron chi connectivity index (χ2n) is 4.42. The monoisotopic (exact) mass is 290 g/mol. The SMILES string of the molecule is CCc1nc([C@@H](C)NC(=O)c2ccccc2OC)cs1. The van der Waals surface area contributed by atoms with E-state index < -0.39 is 0 Å². The van der Waals surface area contributed by atoms with Crippen molar-refractivity contribution in [1.82, 2.24) is 10.3 Å². The number of methoxy groups -OCH3 is 1. The highest BCUT2D eigenvalue weighted by Gasteiger charge is 2.16. The highest BCUT2D eigenvalue weighted by molar-refractivity contribution is 7.09. The molecule has 5 heteroatoms. The molecule has 0 radical (unpaired) electrons. The molecule has 1 N–H and O–H groups in total. The minimum atomic E-state index is -0.152. The minimum Gasteiger partial charge on any atom is -0.496 e. The molecule has 0 saturated carbocycles. The van der Waals surface area contributed by atoms with Crippen molar-refractivity contribution in [2.75, 3.05) is 7.11 Å². The van der Waals surface area contributed by atoms with Crippen LogP contribution in [-0.4, -0.2) is 18.0 Å². The molecular formula is C15H18N2O2S. The molecule has 1 aromatic heterocycles. The number of thiazole rings is 1. The quantitative estimate of drug-likeness (QED) is 0.920. The fraction of sp³-hybridized carbons (Fsp3) is 0.333. The number of amides is 1. The van der Waals surface area contributed by atoms with Crippen LogP contribution < -0.4 is 10.1 Å². The maximum Gasteiger partial charge on any atom is 0.255 e. The van der Waals surface area contributed by atoms with Crippen LogP contribution in [0.15, 0.2) is 29.6 Å². The van der Waals surface area contributed by atoms with Crippen molar-refractivity contribution < 1.29 is 9.53 Å². The smallest absolute Gasteiger partial charge is 0.255 e. The van der Waals surface area contributed by atoms with Gasteiger partial charge < -0.3 is 10.1 Å². The number of rotatable bonds is 5. The number of para-hydroxylation sites is 1. The number of ether oxygens (including phenoxy) is 1. The van der Waals surface area contributed by atoms with Crippen LogP contribution in [0.3, 0.4) is 0 Å². The van der Waals surface area contributed by atoms with Gasteiger partial charge in [0.1, 0.15) is 5.75 Å². The predicted molar refractivity (Wildman–Crippen MR) is 80.4 cm³/mol. The Kier molecular flexibility index (Phi) is 4.74. The molecule has 1 atom stereocenters. The van der Waals surface area contributed by atoms with Crippen LogP contribution in [-0.2, 0) is 6.42 Å². The molecule has 0 unspecified atom stereocenters. The summed E-state index contributed by atoms with van der Waals surface area (Å²) in [6.07, 6.45) is 0.915. The molecule has 2 aromatic rings. The summed E-state index contributed by atoms with van der Waals surface area (Å²) in [6, 6.07) is 7.06. The average Bonchev–Trinajstić information content (AvgIpc) is 2.96. The molecule has 0 fully saturated rings. The van der Waals surface area contributed by atoms with E-state index in [1.807, 2.05) is 24.4 Å². The van der Waals surface area contributed by atoms with Gasteiger partial charge in [0.2, 0.25) is 0 Å². The highest BCUT2D eigenvalue weighted by Crippen LogP contribution is 2.20. The van der Waals surface area contributed by atoms with Gasteiger partial charge in [0.15, 0.2) is 0 Å². The lowest BCUT2D eigenvalue weighted by molar-refractivity contribution is 0.0936. The normalized spacial score (nSPS) is 11.9. The van der Waals surface area contributed by atoms with E-state index in [2.05, 4.69) is 17.2 Å². The van der Waals surface area contributed by atoms with E-state index in [9.17, 15) is 4.79 Å². The Labute approximate surface area is 122 Å². The Hall–Kier alpha value is -1.88. The van der Waals surface area contributed by atoms with Crippen molar-refractivity contribution in [3.05, 3.63) is 45.9 Å². The summed E-state index contributed by atoms with van der Waals surface area (Å²) in [7, 11) is 1.56. The molecular weight excluding hydrogens is 272 g/mol. The van der Waals surface area contributed by atoms with Crippen molar-refractivity contribution in [2.45, 2.75) is 26.3 Å². The third kappa shape index (κ3) is 3.17. The molecule has 1 aromatic carbocycles. The molecule has 0 aliphatic carbocycles. The number of hydrogen-bond acceptors (Lipinski definition) is 4. The standard InChI is InChI=1S/C15H18N2O2S/c1-4-14-17-12(9-20-14)10(2)16-15(18)11-7-5-6-8-13(11)19-3/h5-10H,4H2,1-3H3,(H,16,18)/t10-/m1/s1. The third-order valence-corrected chi connectivity index (χ3v) is 4.03. The molecule has 106 valence electrons. The fourth-order valence-corrected chi connectivity index (χ4v) is 2.71. The predicted octanol–water partition coefficient (Wildman–Crippen LogP) is 3.21. The Morgan fingerprint density at radius 3 is 2.85 bits per heavy atom. The lowest BCUT2D eigenvalue weighted by Gasteiger charge is -2.13. The Balaban J connectivity index is 2.10. The first-order valence-electron chi connectivity index (χ1n) is 6.53. The van der Waals surface area contributed by atoms with Crippen molar-refractivity contribution in [3.8, 4) is 5.75 Å². The molecule has 1 amide bonds. The van der Waals surface area contributed by atoms with Crippen molar-refractivity contribution >= 4 is 17.2 Å². The zero-order valence-electron chi connectivity index (χ0n) is 11.8. The van der Waals surface area contributed by atoms with Crippen LogP contribution in [0.4, 0.5) is 0 Å². The van der Waals surface area contributed by atoms with Crippen LogP contribution >= 0.6 is 11.3 Å². The lowest BCUT2D eigenvalue weighted by Crippen LogP contribution is -2.27. The van der Waals surface area contributed by atoms with Crippen LogP contribution in [0, 0.1) is 0 Å². The van der Waals surface area contributed by atoms with Gasteiger partial charge in [-0.3, -0.25) is 4.79 Å². The lowest BCUT2D eigenvalue weighted by atomic mass is 10.1. The van der Waals surface area contributed by atoms with Gasteiger partial charge in [-0.05, 0) is 25.5 Å². The van der Waals surface area contributed by atoms with E-state index in [-0.39, 0.29) is 11.9 Å². The van der Waals surface area contributed by atoms with Gasteiger partial charge in [-0.15, -0.1) is 11.3 Å². The van der Waals surface area contributed by atoms with Gasteiger partial charge in [0, 0.05) is 5.38 Å². The largest absolute Gasteiger partial charge is 0.496 e. The fourth-order valence-electron chi connectivity index (χ4n) is 1.87. The number of nitrogens with zero attached hydrogens (tertiary/aromatic N) is 1. The van der Waals surface area contributed by atoms with Crippen molar-refractivity contribution in [1.29, 1.82) is 0 Å². The number of nitrogens with one attached hydrogen (secondary N) is 1. The molecule has 1 heterocycles. The number of carbonyl (C=O) groups excluding carboxylic acids is 1. The Morgan fingerprint density at radius 1 is 1.45 bits per heavy atom. The first-order chi connectivity index (χ1) is 9.65. The summed E-state index contributed by atoms with van der Waals surface area (Å²) in [4.78, 5) is 16.8. The summed E-state index contributed by atoms with van der Waals surface area (Å²) in [5.41, 5.74) is 1.43. The number of hydrogen-bond donors (Lipinski definition) is 1. The maximum atomic E-state index is 12.3. The van der Waals surface area contributed by atoms with E-state index in [0.29, 0.717) is 11.3 Å². The third-order valence-electron chi connectivity index (χ3n) is 3.01. The number of carbonyl (C=O) groups is 1. The maximum absolute atomic E-state index is 12.3. The van der Waals surface area contributed by atoms with Crippen LogP contribution in [0.2, 0.25) is 0 Å². The van der Waals surface area contributed by atoms with Crippen molar-refractivity contribution in [3.63, 3.8) is 0 Å². The van der Waals surface area contributed by atoms with Crippen LogP contribution in [0.25, 0.3) is 0 Å². The van der Waals surface area contributed by atoms with Gasteiger partial charge in [0.05, 0.1) is 29.4 Å². The van der Waals surface area contributed by atoms with Gasteiger partial charge in [-0.25, -0.2) is 4.98 Å². The Bertz CT molecular complexity index is 595. The second kappa shape index (κ2) is 6.52. The first-order valence-corrected chi connectivity index (χ1v) is 7.41. The number of benzene rings is 1.